The Bertz CT molecular complexity index is 704. The molecule has 0 amide bonds. The smallest absolute Gasteiger partial charge is 0.313 e. The molecule has 0 aromatic heterocycles. The molecular formula is C16H23NO6S. The maximum absolute atomic E-state index is 12.9. The average Bonchev–Trinajstić information content (AvgIpc) is 2.56. The Hall–Kier alpha value is -1.64. The Morgan fingerprint density at radius 3 is 2.75 bits per heavy atom. The third-order valence-electron chi connectivity index (χ3n) is 4.55. The van der Waals surface area contributed by atoms with E-state index in [1.54, 1.807) is 12.1 Å². The molecule has 24 heavy (non-hydrogen) atoms. The molecule has 1 aliphatic heterocycles. The van der Waals surface area contributed by atoms with Gasteiger partial charge in [-0.2, -0.15) is 4.31 Å². The molecule has 2 atom stereocenters. The first-order chi connectivity index (χ1) is 11.3. The molecular weight excluding hydrogens is 334 g/mol. The van der Waals surface area contributed by atoms with Crippen LogP contribution in [0.3, 0.4) is 0 Å². The van der Waals surface area contributed by atoms with E-state index in [2.05, 4.69) is 0 Å². The van der Waals surface area contributed by atoms with Crippen LogP contribution in [-0.4, -0.2) is 55.2 Å². The lowest BCUT2D eigenvalue weighted by atomic mass is 9.74. The number of nitrogens with zero attached hydrogens (tertiary/aromatic N) is 1. The van der Waals surface area contributed by atoms with Crippen LogP contribution < -0.4 is 4.74 Å². The molecule has 0 spiro atoms. The van der Waals surface area contributed by atoms with Crippen molar-refractivity contribution in [3.05, 3.63) is 24.3 Å². The first kappa shape index (κ1) is 18.7. The van der Waals surface area contributed by atoms with Gasteiger partial charge in [-0.1, -0.05) is 19.4 Å². The molecule has 1 aromatic carbocycles. The van der Waals surface area contributed by atoms with Crippen molar-refractivity contribution in [3.63, 3.8) is 0 Å². The van der Waals surface area contributed by atoms with E-state index in [9.17, 15) is 23.4 Å². The van der Waals surface area contributed by atoms with Crippen LogP contribution in [0.4, 0.5) is 0 Å². The van der Waals surface area contributed by atoms with E-state index in [4.69, 9.17) is 4.74 Å². The number of aliphatic carboxylic acids is 1. The highest BCUT2D eigenvalue weighted by molar-refractivity contribution is 7.89. The second-order valence-corrected chi connectivity index (χ2v) is 7.97. The van der Waals surface area contributed by atoms with E-state index in [0.29, 0.717) is 12.2 Å². The highest BCUT2D eigenvalue weighted by atomic mass is 32.2. The first-order valence-electron chi connectivity index (χ1n) is 7.83. The number of aliphatic hydroxyl groups is 1. The maximum Gasteiger partial charge on any atom is 0.313 e. The van der Waals surface area contributed by atoms with Gasteiger partial charge in [-0.25, -0.2) is 8.42 Å². The molecule has 7 nitrogen and oxygen atoms in total. The Morgan fingerprint density at radius 2 is 2.17 bits per heavy atom. The number of piperidine rings is 1. The van der Waals surface area contributed by atoms with Crippen molar-refractivity contribution in [2.45, 2.75) is 37.2 Å². The van der Waals surface area contributed by atoms with E-state index in [-0.39, 0.29) is 30.8 Å². The number of ether oxygens (including phenoxy) is 1. The topological polar surface area (TPSA) is 104 Å². The lowest BCUT2D eigenvalue weighted by molar-refractivity contribution is -0.161. The van der Waals surface area contributed by atoms with E-state index in [1.165, 1.54) is 19.2 Å². The lowest BCUT2D eigenvalue weighted by Crippen LogP contribution is -2.57. The summed E-state index contributed by atoms with van der Waals surface area (Å²) in [5, 5.41) is 19.9. The van der Waals surface area contributed by atoms with E-state index in [1.807, 2.05) is 6.92 Å². The summed E-state index contributed by atoms with van der Waals surface area (Å²) in [5.74, 6) is -0.756. The minimum absolute atomic E-state index is 0.0500. The lowest BCUT2D eigenvalue weighted by Gasteiger charge is -2.42. The summed E-state index contributed by atoms with van der Waals surface area (Å²) in [4.78, 5) is 11.8. The number of rotatable bonds is 6. The number of carboxylic acids is 1. The molecule has 0 saturated carbocycles. The van der Waals surface area contributed by atoms with Gasteiger partial charge in [0.25, 0.3) is 0 Å². The zero-order valence-corrected chi connectivity index (χ0v) is 14.6. The second kappa shape index (κ2) is 7.08. The number of benzene rings is 1. The largest absolute Gasteiger partial charge is 0.497 e. The monoisotopic (exact) mass is 357 g/mol. The van der Waals surface area contributed by atoms with Crippen LogP contribution in [0.1, 0.15) is 26.2 Å². The molecule has 1 heterocycles. The summed E-state index contributed by atoms with van der Waals surface area (Å²) in [6.07, 6.45) is -0.216. The highest BCUT2D eigenvalue weighted by Crippen LogP contribution is 2.37. The normalized spacial score (nSPS) is 25.4. The summed E-state index contributed by atoms with van der Waals surface area (Å²) in [5.41, 5.74) is -1.47. The predicted octanol–water partition coefficient (Wildman–Crippen LogP) is 1.32. The number of aliphatic hydroxyl groups excluding tert-OH is 1. The van der Waals surface area contributed by atoms with Crippen molar-refractivity contribution in [1.82, 2.24) is 4.31 Å². The van der Waals surface area contributed by atoms with Crippen molar-refractivity contribution in [2.75, 3.05) is 20.2 Å². The first-order valence-corrected chi connectivity index (χ1v) is 9.27. The maximum atomic E-state index is 12.9. The van der Waals surface area contributed by atoms with E-state index >= 15 is 0 Å². The number of methoxy groups -OCH3 is 1. The fourth-order valence-corrected chi connectivity index (χ4v) is 4.73. The molecule has 2 N–H and O–H groups in total. The predicted molar refractivity (Wildman–Crippen MR) is 87.4 cm³/mol. The van der Waals surface area contributed by atoms with Gasteiger partial charge in [-0.3, -0.25) is 4.79 Å². The quantitative estimate of drug-likeness (QED) is 0.796. The molecule has 0 radical (unpaired) electrons. The van der Waals surface area contributed by atoms with Gasteiger partial charge in [0.1, 0.15) is 11.2 Å². The molecule has 8 heteroatoms. The molecule has 0 bridgehead atoms. The number of sulfonamides is 1. The van der Waals surface area contributed by atoms with Gasteiger partial charge < -0.3 is 14.9 Å². The van der Waals surface area contributed by atoms with E-state index in [0.717, 1.165) is 4.31 Å². The minimum atomic E-state index is -3.86. The molecule has 134 valence electrons. The van der Waals surface area contributed by atoms with Crippen LogP contribution in [0.2, 0.25) is 0 Å². The van der Waals surface area contributed by atoms with Gasteiger partial charge in [0.05, 0.1) is 18.1 Å². The Kier molecular flexibility index (Phi) is 5.52. The van der Waals surface area contributed by atoms with Crippen LogP contribution in [0, 0.1) is 5.41 Å². The number of hydrogen-bond acceptors (Lipinski definition) is 5. The van der Waals surface area contributed by atoms with Gasteiger partial charge in [-0.05, 0) is 25.0 Å². The van der Waals surface area contributed by atoms with Gasteiger partial charge >= 0.3 is 5.97 Å². The zero-order valence-electron chi connectivity index (χ0n) is 13.8. The van der Waals surface area contributed by atoms with Crippen molar-refractivity contribution >= 4 is 16.0 Å². The van der Waals surface area contributed by atoms with Crippen LogP contribution in [0.25, 0.3) is 0 Å². The van der Waals surface area contributed by atoms with Crippen LogP contribution in [0.15, 0.2) is 29.2 Å². The number of hydrogen-bond donors (Lipinski definition) is 2. The highest BCUT2D eigenvalue weighted by Gasteiger charge is 2.50. The molecule has 1 aromatic rings. The average molecular weight is 357 g/mol. The summed E-state index contributed by atoms with van der Waals surface area (Å²) in [6.45, 7) is 1.66. The van der Waals surface area contributed by atoms with Gasteiger partial charge in [0, 0.05) is 19.2 Å². The SMILES string of the molecule is CCC[C@]1(C(=O)O)CN(S(=O)(=O)c2cccc(OC)c2)CC[C@@H]1O. The zero-order chi connectivity index (χ0) is 18.0. The summed E-state index contributed by atoms with van der Waals surface area (Å²) < 4.78 is 32.0. The van der Waals surface area contributed by atoms with Gasteiger partial charge in [-0.15, -0.1) is 0 Å². The Morgan fingerprint density at radius 1 is 1.46 bits per heavy atom. The standard InChI is InChI=1S/C16H23NO6S/c1-3-8-16(15(19)20)11-17(9-7-14(16)18)24(21,22)13-6-4-5-12(10-13)23-2/h4-6,10,14,18H,3,7-9,11H2,1-2H3,(H,19,20)/t14-,16-/m0/s1. The Balaban J connectivity index is 2.38. The molecule has 0 unspecified atom stereocenters. The third kappa shape index (κ3) is 3.26. The number of carboxylic acid groups (broad SMARTS) is 1. The third-order valence-corrected chi connectivity index (χ3v) is 6.39. The second-order valence-electron chi connectivity index (χ2n) is 6.03. The van der Waals surface area contributed by atoms with Crippen molar-refractivity contribution < 1.29 is 28.2 Å². The van der Waals surface area contributed by atoms with Crippen LogP contribution in [-0.2, 0) is 14.8 Å². The summed E-state index contributed by atoms with van der Waals surface area (Å²) in [6, 6.07) is 6.06. The fourth-order valence-electron chi connectivity index (χ4n) is 3.17. The number of carbonyl (C=O) groups is 1. The van der Waals surface area contributed by atoms with Gasteiger partial charge in [0.15, 0.2) is 0 Å². The summed E-state index contributed by atoms with van der Waals surface area (Å²) in [7, 11) is -2.42. The minimum Gasteiger partial charge on any atom is -0.497 e. The van der Waals surface area contributed by atoms with Gasteiger partial charge in [0.2, 0.25) is 10.0 Å². The van der Waals surface area contributed by atoms with Crippen molar-refractivity contribution in [2.24, 2.45) is 5.41 Å². The molecule has 2 rings (SSSR count). The van der Waals surface area contributed by atoms with Crippen LogP contribution >= 0.6 is 0 Å². The fraction of sp³-hybridized carbons (Fsp3) is 0.562. The van der Waals surface area contributed by atoms with Crippen molar-refractivity contribution in [1.29, 1.82) is 0 Å². The van der Waals surface area contributed by atoms with Crippen LogP contribution in [0.5, 0.6) is 5.75 Å². The molecule has 0 aliphatic carbocycles. The van der Waals surface area contributed by atoms with Crippen molar-refractivity contribution in [3.8, 4) is 5.75 Å². The summed E-state index contributed by atoms with van der Waals surface area (Å²) >= 11 is 0. The molecule has 1 fully saturated rings. The molecule has 1 aliphatic rings. The Labute approximate surface area is 141 Å². The molecule has 1 saturated heterocycles. The van der Waals surface area contributed by atoms with E-state index < -0.39 is 27.5 Å².